The molecule has 2 heterocycles. The lowest BCUT2D eigenvalue weighted by molar-refractivity contribution is -0.690. The molecule has 0 bridgehead atoms. The average Bonchev–Trinajstić information content (AvgIpc) is 3.02. The van der Waals surface area contributed by atoms with Gasteiger partial charge in [0.25, 0.3) is 5.82 Å². The summed E-state index contributed by atoms with van der Waals surface area (Å²) in [5.74, 6) is 1.57. The zero-order valence-corrected chi connectivity index (χ0v) is 15.1. The molecule has 0 fully saturated rings. The van der Waals surface area contributed by atoms with Crippen LogP contribution in [-0.2, 0) is 24.3 Å². The van der Waals surface area contributed by atoms with E-state index in [2.05, 4.69) is 39.6 Å². The van der Waals surface area contributed by atoms with Crippen molar-refractivity contribution in [1.82, 2.24) is 4.57 Å². The quantitative estimate of drug-likeness (QED) is 0.706. The summed E-state index contributed by atoms with van der Waals surface area (Å²) < 4.78 is 4.52. The topological polar surface area (TPSA) is 25.9 Å². The summed E-state index contributed by atoms with van der Waals surface area (Å²) in [5, 5.41) is 0. The predicted molar refractivity (Wildman–Crippen MR) is 82.8 cm³/mol. The molecule has 0 N–H and O–H groups in total. The van der Waals surface area contributed by atoms with E-state index >= 15 is 0 Å². The van der Waals surface area contributed by atoms with E-state index < -0.39 is 0 Å². The number of ketones is 1. The van der Waals surface area contributed by atoms with E-state index in [0.29, 0.717) is 6.54 Å². The van der Waals surface area contributed by atoms with Crippen LogP contribution in [0.3, 0.4) is 0 Å². The van der Waals surface area contributed by atoms with Gasteiger partial charge in [-0.1, -0.05) is 51.1 Å². The number of carbonyl (C=O) groups is 1. The lowest BCUT2D eigenvalue weighted by Gasteiger charge is -2.14. The number of aromatic nitrogens is 2. The van der Waals surface area contributed by atoms with Crippen molar-refractivity contribution in [2.45, 2.75) is 46.7 Å². The fourth-order valence-electron chi connectivity index (χ4n) is 2.88. The molecule has 3 nitrogen and oxygen atoms in total. The molecule has 1 aromatic carbocycles. The average molecular weight is 363 g/mol. The number of halogens is 1. The van der Waals surface area contributed by atoms with Gasteiger partial charge in [0.2, 0.25) is 0 Å². The Kier molecular flexibility index (Phi) is 4.90. The van der Waals surface area contributed by atoms with E-state index in [1.165, 1.54) is 23.5 Å². The van der Waals surface area contributed by atoms with Gasteiger partial charge < -0.3 is 17.0 Å². The Morgan fingerprint density at radius 3 is 2.55 bits per heavy atom. The Hall–Kier alpha value is -1.42. The summed E-state index contributed by atoms with van der Waals surface area (Å²) in [6, 6.07) is 10.4. The fraction of sp³-hybridized carbons (Fsp3) is 0.444. The molecule has 0 spiro atoms. The van der Waals surface area contributed by atoms with Gasteiger partial charge in [-0.05, 0) is 6.42 Å². The molecule has 0 saturated carbocycles. The van der Waals surface area contributed by atoms with Gasteiger partial charge in [0, 0.05) is 11.0 Å². The van der Waals surface area contributed by atoms with Gasteiger partial charge in [-0.25, -0.2) is 9.13 Å². The number of hydrogen-bond donors (Lipinski definition) is 0. The lowest BCUT2D eigenvalue weighted by Crippen LogP contribution is -3.00. The van der Waals surface area contributed by atoms with Crippen LogP contribution in [0.2, 0.25) is 0 Å². The van der Waals surface area contributed by atoms with Gasteiger partial charge in [0.1, 0.15) is 12.7 Å². The molecule has 1 aliphatic rings. The minimum atomic E-state index is -0.284. The molecule has 0 amide bonds. The van der Waals surface area contributed by atoms with Crippen LogP contribution in [0.1, 0.15) is 33.0 Å². The fourth-order valence-corrected chi connectivity index (χ4v) is 2.88. The minimum absolute atomic E-state index is 0. The van der Waals surface area contributed by atoms with E-state index in [4.69, 9.17) is 0 Å². The number of carbonyl (C=O) groups excluding carboxylic acids is 1. The van der Waals surface area contributed by atoms with Crippen LogP contribution in [0.25, 0.3) is 11.3 Å². The molecule has 0 atom stereocenters. The second-order valence-electron chi connectivity index (χ2n) is 6.85. The number of rotatable bonds is 3. The van der Waals surface area contributed by atoms with Crippen LogP contribution in [0.5, 0.6) is 0 Å². The Morgan fingerprint density at radius 1 is 1.23 bits per heavy atom. The third-order valence-electron chi connectivity index (χ3n) is 4.21. The number of imidazole rings is 1. The van der Waals surface area contributed by atoms with Crippen molar-refractivity contribution in [3.05, 3.63) is 42.4 Å². The Morgan fingerprint density at radius 2 is 1.91 bits per heavy atom. The summed E-state index contributed by atoms with van der Waals surface area (Å²) in [5.41, 5.74) is 2.17. The first-order valence-electron chi connectivity index (χ1n) is 7.67. The Balaban J connectivity index is 0.00000176. The minimum Gasteiger partial charge on any atom is -1.00 e. The second kappa shape index (κ2) is 6.37. The molecule has 1 aromatic heterocycles. The summed E-state index contributed by atoms with van der Waals surface area (Å²) in [4.78, 5) is 12.3. The van der Waals surface area contributed by atoms with Crippen molar-refractivity contribution in [2.75, 3.05) is 0 Å². The van der Waals surface area contributed by atoms with Crippen LogP contribution in [0.15, 0.2) is 36.5 Å². The number of benzene rings is 1. The van der Waals surface area contributed by atoms with Crippen LogP contribution in [0, 0.1) is 5.41 Å². The van der Waals surface area contributed by atoms with E-state index in [9.17, 15) is 4.79 Å². The molecule has 1 aliphatic heterocycles. The first-order chi connectivity index (χ1) is 9.97. The molecule has 0 unspecified atom stereocenters. The SMILES string of the molecule is CC(C)(C)C(=O)C[n+]1cc(-c2ccccc2)n2c1CCC2.[Br-]. The molecular weight excluding hydrogens is 340 g/mol. The normalized spacial score (nSPS) is 13.6. The lowest BCUT2D eigenvalue weighted by atomic mass is 9.91. The zero-order chi connectivity index (χ0) is 15.0. The van der Waals surface area contributed by atoms with Crippen molar-refractivity contribution in [2.24, 2.45) is 5.41 Å². The van der Waals surface area contributed by atoms with Crippen LogP contribution >= 0.6 is 0 Å². The highest BCUT2D eigenvalue weighted by Crippen LogP contribution is 2.25. The maximum atomic E-state index is 12.3. The van der Waals surface area contributed by atoms with Crippen LogP contribution in [0.4, 0.5) is 0 Å². The molecule has 22 heavy (non-hydrogen) atoms. The maximum Gasteiger partial charge on any atom is 0.257 e. The molecule has 2 aromatic rings. The van der Waals surface area contributed by atoms with Gasteiger partial charge in [-0.3, -0.25) is 4.79 Å². The van der Waals surface area contributed by atoms with E-state index in [0.717, 1.165) is 13.0 Å². The second-order valence-corrected chi connectivity index (χ2v) is 6.85. The van der Waals surface area contributed by atoms with E-state index in [-0.39, 0.29) is 28.2 Å². The molecule has 0 saturated heterocycles. The monoisotopic (exact) mass is 362 g/mol. The Labute approximate surface area is 142 Å². The van der Waals surface area contributed by atoms with Crippen LogP contribution < -0.4 is 21.5 Å². The Bertz CT molecular complexity index is 668. The van der Waals surface area contributed by atoms with Crippen molar-refractivity contribution < 1.29 is 26.3 Å². The van der Waals surface area contributed by atoms with Gasteiger partial charge in [0.15, 0.2) is 11.5 Å². The first-order valence-corrected chi connectivity index (χ1v) is 7.67. The number of fused-ring (bicyclic) bond motifs is 1. The van der Waals surface area contributed by atoms with Gasteiger partial charge in [-0.15, -0.1) is 0 Å². The third-order valence-corrected chi connectivity index (χ3v) is 4.21. The largest absolute Gasteiger partial charge is 1.00 e. The van der Waals surface area contributed by atoms with Crippen molar-refractivity contribution >= 4 is 5.78 Å². The molecule has 4 heteroatoms. The molecule has 3 rings (SSSR count). The number of Topliss-reactive ketones (excluding diaryl/α,β-unsaturated/α-hetero) is 1. The molecular formula is C18H23BrN2O. The highest BCUT2D eigenvalue weighted by molar-refractivity contribution is 5.82. The number of hydrogen-bond acceptors (Lipinski definition) is 1. The van der Waals surface area contributed by atoms with E-state index in [1.807, 2.05) is 26.8 Å². The maximum absolute atomic E-state index is 12.3. The summed E-state index contributed by atoms with van der Waals surface area (Å²) >= 11 is 0. The van der Waals surface area contributed by atoms with Crippen LogP contribution in [-0.4, -0.2) is 10.4 Å². The highest BCUT2D eigenvalue weighted by atomic mass is 79.9. The first kappa shape index (κ1) is 16.9. The van der Waals surface area contributed by atoms with Crippen molar-refractivity contribution in [3.8, 4) is 11.3 Å². The summed E-state index contributed by atoms with van der Waals surface area (Å²) in [6.07, 6.45) is 4.37. The van der Waals surface area contributed by atoms with E-state index in [1.54, 1.807) is 0 Å². The molecule has 118 valence electrons. The van der Waals surface area contributed by atoms with Gasteiger partial charge in [-0.2, -0.15) is 0 Å². The number of nitrogens with zero attached hydrogens (tertiary/aromatic N) is 2. The third kappa shape index (κ3) is 3.17. The molecule has 0 radical (unpaired) electrons. The zero-order valence-electron chi connectivity index (χ0n) is 13.5. The van der Waals surface area contributed by atoms with Crippen molar-refractivity contribution in [1.29, 1.82) is 0 Å². The van der Waals surface area contributed by atoms with Crippen molar-refractivity contribution in [3.63, 3.8) is 0 Å². The predicted octanol–water partition coefficient (Wildman–Crippen LogP) is 0.00800. The summed E-state index contributed by atoms with van der Waals surface area (Å²) in [6.45, 7) is 7.50. The molecule has 0 aliphatic carbocycles. The highest BCUT2D eigenvalue weighted by Gasteiger charge is 2.31. The summed E-state index contributed by atoms with van der Waals surface area (Å²) in [7, 11) is 0. The van der Waals surface area contributed by atoms with Gasteiger partial charge >= 0.3 is 0 Å². The smallest absolute Gasteiger partial charge is 0.257 e. The standard InChI is InChI=1S/C18H23N2O.BrH/c1-18(2,3)16(21)13-19-12-15(14-8-5-4-6-9-14)20-11-7-10-17(19)20;/h4-6,8-9,12H,7,10-11,13H2,1-3H3;1H/q+1;/p-1. The van der Waals surface area contributed by atoms with Gasteiger partial charge in [0.05, 0.1) is 13.0 Å².